The number of carboxylic acid groups (broad SMARTS) is 1. The Morgan fingerprint density at radius 2 is 1.84 bits per heavy atom. The molecule has 0 aliphatic carbocycles. The lowest BCUT2D eigenvalue weighted by molar-refractivity contribution is 0.0693. The zero-order valence-electron chi connectivity index (χ0n) is 9.18. The molecule has 1 aromatic carbocycles. The Balaban J connectivity index is 2.64. The van der Waals surface area contributed by atoms with Gasteiger partial charge in [0, 0.05) is 5.56 Å². The largest absolute Gasteiger partial charge is 0.505 e. The van der Waals surface area contributed by atoms with Crippen LogP contribution in [0.15, 0.2) is 23.6 Å². The van der Waals surface area contributed by atoms with Crippen molar-refractivity contribution in [1.29, 1.82) is 0 Å². The van der Waals surface area contributed by atoms with Crippen LogP contribution in [0.1, 0.15) is 25.6 Å². The first kappa shape index (κ1) is 13.9. The summed E-state index contributed by atoms with van der Waals surface area (Å²) in [5, 5.41) is 19.7. The summed E-state index contributed by atoms with van der Waals surface area (Å²) < 4.78 is 0. The van der Waals surface area contributed by atoms with Crippen molar-refractivity contribution in [3.05, 3.63) is 49.6 Å². The average Bonchev–Trinajstić information content (AvgIpc) is 2.89. The first-order valence-electron chi connectivity index (χ1n) is 4.96. The number of benzene rings is 1. The SMILES string of the molecule is O=C(O)c1cc(C(=O)c2cccs2)c(Cl)c(Cl)c1O. The summed E-state index contributed by atoms with van der Waals surface area (Å²) in [5.41, 5.74) is -0.515. The van der Waals surface area contributed by atoms with Gasteiger partial charge < -0.3 is 10.2 Å². The second kappa shape index (κ2) is 5.21. The third-order valence-corrected chi connectivity index (χ3v) is 4.13. The van der Waals surface area contributed by atoms with Gasteiger partial charge in [0.15, 0.2) is 0 Å². The van der Waals surface area contributed by atoms with E-state index in [9.17, 15) is 14.7 Å². The quantitative estimate of drug-likeness (QED) is 0.847. The van der Waals surface area contributed by atoms with Crippen molar-refractivity contribution in [3.63, 3.8) is 0 Å². The van der Waals surface area contributed by atoms with E-state index < -0.39 is 23.1 Å². The molecule has 1 aromatic heterocycles. The highest BCUT2D eigenvalue weighted by molar-refractivity contribution is 7.12. The predicted octanol–water partition coefficient (Wildman–Crippen LogP) is 3.69. The molecule has 0 atom stereocenters. The molecule has 0 fully saturated rings. The highest BCUT2D eigenvalue weighted by Gasteiger charge is 2.23. The molecule has 0 saturated carbocycles. The molecular formula is C12H6Cl2O4S. The highest BCUT2D eigenvalue weighted by Crippen LogP contribution is 2.38. The van der Waals surface area contributed by atoms with Crippen LogP contribution in [0.2, 0.25) is 10.0 Å². The average molecular weight is 317 g/mol. The Morgan fingerprint density at radius 1 is 1.16 bits per heavy atom. The van der Waals surface area contributed by atoms with E-state index >= 15 is 0 Å². The van der Waals surface area contributed by atoms with Crippen LogP contribution in [-0.2, 0) is 0 Å². The van der Waals surface area contributed by atoms with Crippen molar-refractivity contribution in [2.24, 2.45) is 0 Å². The van der Waals surface area contributed by atoms with Crippen molar-refractivity contribution in [2.45, 2.75) is 0 Å². The van der Waals surface area contributed by atoms with Crippen LogP contribution in [0.5, 0.6) is 5.75 Å². The number of aromatic hydroxyl groups is 1. The van der Waals surface area contributed by atoms with Gasteiger partial charge in [0.1, 0.15) is 16.3 Å². The maximum absolute atomic E-state index is 12.2. The molecule has 19 heavy (non-hydrogen) atoms. The molecule has 0 aliphatic heterocycles. The number of thiophene rings is 1. The minimum Gasteiger partial charge on any atom is -0.505 e. The lowest BCUT2D eigenvalue weighted by Crippen LogP contribution is -2.05. The zero-order valence-corrected chi connectivity index (χ0v) is 11.5. The predicted molar refractivity (Wildman–Crippen MR) is 72.8 cm³/mol. The van der Waals surface area contributed by atoms with Gasteiger partial charge in [-0.15, -0.1) is 11.3 Å². The Labute approximate surface area is 121 Å². The number of hydrogen-bond acceptors (Lipinski definition) is 4. The topological polar surface area (TPSA) is 74.6 Å². The Morgan fingerprint density at radius 3 is 2.37 bits per heavy atom. The van der Waals surface area contributed by atoms with Gasteiger partial charge in [0.05, 0.1) is 9.90 Å². The monoisotopic (exact) mass is 316 g/mol. The molecule has 98 valence electrons. The van der Waals surface area contributed by atoms with Crippen LogP contribution < -0.4 is 0 Å². The van der Waals surface area contributed by atoms with Crippen molar-refractivity contribution in [2.75, 3.05) is 0 Å². The smallest absolute Gasteiger partial charge is 0.339 e. The highest BCUT2D eigenvalue weighted by atomic mass is 35.5. The number of aromatic carboxylic acids is 1. The third kappa shape index (κ3) is 2.45. The minimum absolute atomic E-state index is 0.0516. The van der Waals surface area contributed by atoms with E-state index in [1.807, 2.05) is 0 Å². The van der Waals surface area contributed by atoms with Crippen molar-refractivity contribution in [3.8, 4) is 5.75 Å². The van der Waals surface area contributed by atoms with Crippen molar-refractivity contribution >= 4 is 46.3 Å². The standard InChI is InChI=1S/C12H6Cl2O4S/c13-8-5(10(15)7-2-1-3-19-7)4-6(12(17)18)11(16)9(8)14/h1-4,16H,(H,17,18). The van der Waals surface area contributed by atoms with Crippen LogP contribution in [0.3, 0.4) is 0 Å². The molecule has 4 nitrogen and oxygen atoms in total. The fourth-order valence-electron chi connectivity index (χ4n) is 1.49. The molecule has 0 bridgehead atoms. The van der Waals surface area contributed by atoms with E-state index in [1.54, 1.807) is 17.5 Å². The molecule has 2 rings (SSSR count). The molecule has 0 radical (unpaired) electrons. The summed E-state index contributed by atoms with van der Waals surface area (Å²) in [6.45, 7) is 0. The van der Waals surface area contributed by atoms with Crippen LogP contribution in [0, 0.1) is 0 Å². The van der Waals surface area contributed by atoms with Gasteiger partial charge in [0.2, 0.25) is 5.78 Å². The molecule has 0 amide bonds. The van der Waals surface area contributed by atoms with Crippen LogP contribution in [-0.4, -0.2) is 22.0 Å². The van der Waals surface area contributed by atoms with Crippen LogP contribution >= 0.6 is 34.5 Å². The molecule has 1 heterocycles. The number of halogens is 2. The first-order valence-corrected chi connectivity index (χ1v) is 6.59. The fourth-order valence-corrected chi connectivity index (χ4v) is 2.60. The van der Waals surface area contributed by atoms with Gasteiger partial charge in [-0.2, -0.15) is 0 Å². The summed E-state index contributed by atoms with van der Waals surface area (Å²) in [6.07, 6.45) is 0. The number of phenols is 1. The molecule has 0 aliphatic rings. The Kier molecular flexibility index (Phi) is 3.80. The number of ketones is 1. The maximum Gasteiger partial charge on any atom is 0.339 e. The van der Waals surface area contributed by atoms with Crippen molar-refractivity contribution < 1.29 is 19.8 Å². The number of carbonyl (C=O) groups excluding carboxylic acids is 1. The van der Waals surface area contributed by atoms with Gasteiger partial charge >= 0.3 is 5.97 Å². The molecule has 2 aromatic rings. The normalized spacial score (nSPS) is 10.4. The van der Waals surface area contributed by atoms with Crippen LogP contribution in [0.4, 0.5) is 0 Å². The third-order valence-electron chi connectivity index (χ3n) is 2.40. The summed E-state index contributed by atoms with van der Waals surface area (Å²) in [7, 11) is 0. The number of hydrogen-bond donors (Lipinski definition) is 2. The molecule has 0 spiro atoms. The van der Waals surface area contributed by atoms with Gasteiger partial charge in [0.25, 0.3) is 0 Å². The van der Waals surface area contributed by atoms with Gasteiger partial charge in [-0.3, -0.25) is 4.79 Å². The Hall–Kier alpha value is -1.56. The van der Waals surface area contributed by atoms with Crippen LogP contribution in [0.25, 0.3) is 0 Å². The second-order valence-corrected chi connectivity index (χ2v) is 5.26. The fraction of sp³-hybridized carbons (Fsp3) is 0. The molecule has 2 N–H and O–H groups in total. The first-order chi connectivity index (χ1) is 8.93. The van der Waals surface area contributed by atoms with Gasteiger partial charge in [-0.25, -0.2) is 4.79 Å². The van der Waals surface area contributed by atoms with Gasteiger partial charge in [-0.1, -0.05) is 29.3 Å². The van der Waals surface area contributed by atoms with E-state index in [2.05, 4.69) is 0 Å². The van der Waals surface area contributed by atoms with Crippen molar-refractivity contribution in [1.82, 2.24) is 0 Å². The number of rotatable bonds is 3. The van der Waals surface area contributed by atoms with E-state index in [-0.39, 0.29) is 15.6 Å². The summed E-state index contributed by atoms with van der Waals surface area (Å²) in [6, 6.07) is 4.30. The lowest BCUT2D eigenvalue weighted by Gasteiger charge is -2.08. The van der Waals surface area contributed by atoms with E-state index in [1.165, 1.54) is 11.3 Å². The zero-order chi connectivity index (χ0) is 14.2. The minimum atomic E-state index is -1.39. The summed E-state index contributed by atoms with van der Waals surface area (Å²) >= 11 is 12.8. The molecular weight excluding hydrogens is 311 g/mol. The van der Waals surface area contributed by atoms with E-state index in [4.69, 9.17) is 28.3 Å². The van der Waals surface area contributed by atoms with Gasteiger partial charge in [-0.05, 0) is 17.5 Å². The molecule has 0 unspecified atom stereocenters. The lowest BCUT2D eigenvalue weighted by atomic mass is 10.0. The second-order valence-electron chi connectivity index (χ2n) is 3.56. The van der Waals surface area contributed by atoms with E-state index in [0.29, 0.717) is 4.88 Å². The molecule has 7 heteroatoms. The molecule has 0 saturated heterocycles. The summed E-state index contributed by atoms with van der Waals surface area (Å²) in [5.74, 6) is -2.48. The number of carbonyl (C=O) groups is 2. The summed E-state index contributed by atoms with van der Waals surface area (Å²) in [4.78, 5) is 23.5. The van der Waals surface area contributed by atoms with E-state index in [0.717, 1.165) is 6.07 Å². The Bertz CT molecular complexity index is 665. The maximum atomic E-state index is 12.2. The number of carboxylic acids is 1.